The van der Waals surface area contributed by atoms with E-state index in [-0.39, 0.29) is 5.88 Å². The lowest BCUT2D eigenvalue weighted by atomic mass is 10.1. The van der Waals surface area contributed by atoms with Crippen molar-refractivity contribution in [1.82, 2.24) is 10.3 Å². The topological polar surface area (TPSA) is 92.4 Å². The lowest BCUT2D eigenvalue weighted by molar-refractivity contribution is -0.154. The van der Waals surface area contributed by atoms with Gasteiger partial charge in [0.25, 0.3) is 0 Å². The van der Waals surface area contributed by atoms with Crippen molar-refractivity contribution in [2.45, 2.75) is 33.0 Å². The molecule has 156 valence electrons. The molecule has 0 aliphatic rings. The number of pyridine rings is 1. The van der Waals surface area contributed by atoms with Crippen LogP contribution in [-0.4, -0.2) is 35.7 Å². The van der Waals surface area contributed by atoms with Gasteiger partial charge >= 0.3 is 12.2 Å². The number of anilines is 2. The van der Waals surface area contributed by atoms with Crippen LogP contribution < -0.4 is 20.7 Å². The third kappa shape index (κ3) is 7.32. The number of halogens is 3. The van der Waals surface area contributed by atoms with Crippen LogP contribution in [0.25, 0.3) is 0 Å². The Morgan fingerprint density at radius 3 is 2.48 bits per heavy atom. The van der Waals surface area contributed by atoms with Gasteiger partial charge in [0.2, 0.25) is 11.8 Å². The van der Waals surface area contributed by atoms with Gasteiger partial charge < -0.3 is 15.4 Å². The van der Waals surface area contributed by atoms with Crippen LogP contribution in [0.5, 0.6) is 5.88 Å². The van der Waals surface area contributed by atoms with E-state index in [0.717, 1.165) is 11.1 Å². The second-order valence-electron chi connectivity index (χ2n) is 6.42. The first-order valence-corrected chi connectivity index (χ1v) is 8.65. The molecule has 10 heteroatoms. The Labute approximate surface area is 165 Å². The van der Waals surface area contributed by atoms with E-state index in [4.69, 9.17) is 0 Å². The summed E-state index contributed by atoms with van der Waals surface area (Å²) in [4.78, 5) is 27.9. The third-order valence-electron chi connectivity index (χ3n) is 3.76. The van der Waals surface area contributed by atoms with Crippen molar-refractivity contribution in [3.05, 3.63) is 47.7 Å². The predicted octanol–water partition coefficient (Wildman–Crippen LogP) is 3.79. The van der Waals surface area contributed by atoms with Crippen molar-refractivity contribution < 1.29 is 27.5 Å². The highest BCUT2D eigenvalue weighted by Gasteiger charge is 2.28. The van der Waals surface area contributed by atoms with Gasteiger partial charge in [-0.25, -0.2) is 9.78 Å². The number of carbonyl (C=O) groups is 2. The fourth-order valence-electron chi connectivity index (χ4n) is 2.35. The molecule has 0 saturated heterocycles. The average Bonchev–Trinajstić information content (AvgIpc) is 2.62. The summed E-state index contributed by atoms with van der Waals surface area (Å²) in [5.74, 6) is -0.789. The van der Waals surface area contributed by atoms with E-state index < -0.39 is 30.8 Å². The molecule has 3 N–H and O–H groups in total. The Morgan fingerprint density at radius 2 is 1.90 bits per heavy atom. The van der Waals surface area contributed by atoms with Gasteiger partial charge in [0.15, 0.2) is 6.61 Å². The summed E-state index contributed by atoms with van der Waals surface area (Å²) in [6, 6.07) is 6.66. The number of aromatic nitrogens is 1. The van der Waals surface area contributed by atoms with Crippen LogP contribution in [-0.2, 0) is 4.79 Å². The van der Waals surface area contributed by atoms with Gasteiger partial charge in [-0.1, -0.05) is 17.7 Å². The molecule has 0 saturated carbocycles. The van der Waals surface area contributed by atoms with Crippen molar-refractivity contribution in [2.24, 2.45) is 0 Å². The molecular weight excluding hydrogens is 389 g/mol. The summed E-state index contributed by atoms with van der Waals surface area (Å²) < 4.78 is 40.9. The summed E-state index contributed by atoms with van der Waals surface area (Å²) >= 11 is 0. The molecular formula is C19H21F3N4O3. The Morgan fingerprint density at radius 1 is 1.17 bits per heavy atom. The number of rotatable bonds is 6. The number of urea groups is 1. The largest absolute Gasteiger partial charge is 0.468 e. The Bertz CT molecular complexity index is 870. The molecule has 1 aromatic heterocycles. The number of benzene rings is 1. The van der Waals surface area contributed by atoms with E-state index in [2.05, 4.69) is 25.7 Å². The van der Waals surface area contributed by atoms with Crippen molar-refractivity contribution >= 4 is 23.3 Å². The number of amides is 3. The maximum Gasteiger partial charge on any atom is 0.422 e. The van der Waals surface area contributed by atoms with E-state index in [1.54, 1.807) is 6.07 Å². The average molecular weight is 410 g/mol. The van der Waals surface area contributed by atoms with Crippen LogP contribution >= 0.6 is 0 Å². The molecule has 0 bridgehead atoms. The molecule has 2 rings (SSSR count). The Balaban J connectivity index is 1.85. The van der Waals surface area contributed by atoms with Crippen molar-refractivity contribution in [1.29, 1.82) is 0 Å². The number of ether oxygens (including phenoxy) is 1. The normalized spacial score (nSPS) is 12.1. The first-order valence-electron chi connectivity index (χ1n) is 8.65. The zero-order chi connectivity index (χ0) is 21.6. The van der Waals surface area contributed by atoms with Crippen LogP contribution in [0.4, 0.5) is 29.3 Å². The Kier molecular flexibility index (Phi) is 7.03. The van der Waals surface area contributed by atoms with E-state index in [0.29, 0.717) is 11.4 Å². The highest BCUT2D eigenvalue weighted by atomic mass is 19.4. The van der Waals surface area contributed by atoms with Crippen molar-refractivity contribution in [3.8, 4) is 5.88 Å². The Hall–Kier alpha value is -3.30. The maximum atomic E-state index is 12.2. The molecule has 0 fully saturated rings. The van der Waals surface area contributed by atoms with E-state index in [9.17, 15) is 22.8 Å². The van der Waals surface area contributed by atoms with E-state index in [1.165, 1.54) is 25.3 Å². The minimum absolute atomic E-state index is 0.196. The standard InChI is InChI=1S/C19H21F3N4O3/c1-11-4-6-15(12(2)8-11)25-18(28)26-17(27)13(3)24-14-5-7-16(23-9-14)29-10-19(20,21)22/h4-9,13,24H,10H2,1-3H3,(H2,25,26,27,28). The van der Waals surface area contributed by atoms with Crippen LogP contribution in [0.2, 0.25) is 0 Å². The number of alkyl halides is 3. The molecule has 3 amide bonds. The third-order valence-corrected chi connectivity index (χ3v) is 3.76. The molecule has 1 aromatic carbocycles. The maximum absolute atomic E-state index is 12.2. The number of aryl methyl sites for hydroxylation is 2. The quantitative estimate of drug-likeness (QED) is 0.674. The lowest BCUT2D eigenvalue weighted by Gasteiger charge is -2.16. The summed E-state index contributed by atoms with van der Waals surface area (Å²) in [6.07, 6.45) is -3.23. The number of carbonyl (C=O) groups excluding carboxylic acids is 2. The number of nitrogens with zero attached hydrogens (tertiary/aromatic N) is 1. The molecule has 0 radical (unpaired) electrons. The summed E-state index contributed by atoms with van der Waals surface area (Å²) in [6.45, 7) is 3.84. The van der Waals surface area contributed by atoms with Gasteiger partial charge in [0.05, 0.1) is 11.9 Å². The van der Waals surface area contributed by atoms with Gasteiger partial charge in [0.1, 0.15) is 6.04 Å². The molecule has 1 atom stereocenters. The second kappa shape index (κ2) is 9.26. The van der Waals surface area contributed by atoms with Crippen LogP contribution in [0.3, 0.4) is 0 Å². The van der Waals surface area contributed by atoms with Gasteiger partial charge in [-0.3, -0.25) is 10.1 Å². The molecule has 7 nitrogen and oxygen atoms in total. The zero-order valence-corrected chi connectivity index (χ0v) is 16.1. The van der Waals surface area contributed by atoms with Gasteiger partial charge in [-0.05, 0) is 38.5 Å². The fourth-order valence-corrected chi connectivity index (χ4v) is 2.35. The summed E-state index contributed by atoms with van der Waals surface area (Å²) in [5, 5.41) is 7.62. The summed E-state index contributed by atoms with van der Waals surface area (Å²) in [5.41, 5.74) is 2.87. The number of imide groups is 1. The molecule has 0 aliphatic heterocycles. The van der Waals surface area contributed by atoms with Gasteiger partial charge in [0, 0.05) is 11.8 Å². The van der Waals surface area contributed by atoms with Crippen molar-refractivity contribution in [3.63, 3.8) is 0 Å². The lowest BCUT2D eigenvalue weighted by Crippen LogP contribution is -2.43. The first kappa shape index (κ1) is 22.0. The SMILES string of the molecule is Cc1ccc(NC(=O)NC(=O)C(C)Nc2ccc(OCC(F)(F)F)nc2)c(C)c1. The molecule has 1 unspecified atom stereocenters. The van der Waals surface area contributed by atoms with Gasteiger partial charge in [-0.2, -0.15) is 13.2 Å². The molecule has 1 heterocycles. The van der Waals surface area contributed by atoms with E-state index >= 15 is 0 Å². The monoisotopic (exact) mass is 410 g/mol. The minimum Gasteiger partial charge on any atom is -0.468 e. The fraction of sp³-hybridized carbons (Fsp3) is 0.316. The highest BCUT2D eigenvalue weighted by molar-refractivity contribution is 6.03. The molecule has 0 aliphatic carbocycles. The zero-order valence-electron chi connectivity index (χ0n) is 16.1. The number of hydrogen-bond acceptors (Lipinski definition) is 5. The van der Waals surface area contributed by atoms with Crippen LogP contribution in [0, 0.1) is 13.8 Å². The minimum atomic E-state index is -4.46. The molecule has 2 aromatic rings. The van der Waals surface area contributed by atoms with Crippen LogP contribution in [0.1, 0.15) is 18.1 Å². The molecule has 29 heavy (non-hydrogen) atoms. The predicted molar refractivity (Wildman–Crippen MR) is 102 cm³/mol. The summed E-state index contributed by atoms with van der Waals surface area (Å²) in [7, 11) is 0. The number of hydrogen-bond donors (Lipinski definition) is 3. The first-order chi connectivity index (χ1) is 13.5. The number of nitrogens with one attached hydrogen (secondary N) is 3. The van der Waals surface area contributed by atoms with Gasteiger partial charge in [-0.15, -0.1) is 0 Å². The highest BCUT2D eigenvalue weighted by Crippen LogP contribution is 2.18. The van der Waals surface area contributed by atoms with Crippen molar-refractivity contribution in [2.75, 3.05) is 17.2 Å². The van der Waals surface area contributed by atoms with Crippen LogP contribution in [0.15, 0.2) is 36.5 Å². The molecule has 0 spiro atoms. The van der Waals surface area contributed by atoms with E-state index in [1.807, 2.05) is 26.0 Å². The second-order valence-corrected chi connectivity index (χ2v) is 6.42. The smallest absolute Gasteiger partial charge is 0.422 e.